The Morgan fingerprint density at radius 3 is 1.70 bits per heavy atom. The summed E-state index contributed by atoms with van der Waals surface area (Å²) < 4.78 is 9.58. The van der Waals surface area contributed by atoms with E-state index in [0.717, 1.165) is 55.8 Å². The van der Waals surface area contributed by atoms with Crippen molar-refractivity contribution in [2.24, 2.45) is 0 Å². The van der Waals surface area contributed by atoms with E-state index in [1.54, 1.807) is 0 Å². The van der Waals surface area contributed by atoms with Gasteiger partial charge in [0.2, 0.25) is 0 Å². The third kappa shape index (κ3) is 5.28. The van der Waals surface area contributed by atoms with E-state index < -0.39 is 5.41 Å². The Bertz CT molecular complexity index is 4430. The Kier molecular flexibility index (Phi) is 8.16. The topological polar surface area (TPSA) is 21.3 Å². The van der Waals surface area contributed by atoms with Crippen molar-refractivity contribution < 1.29 is 4.42 Å². The molecule has 0 fully saturated rings. The lowest BCUT2D eigenvalue weighted by Crippen LogP contribution is -2.26. The van der Waals surface area contributed by atoms with Crippen LogP contribution in [0.25, 0.3) is 93.9 Å². The van der Waals surface area contributed by atoms with Gasteiger partial charge in [0.1, 0.15) is 11.2 Å². The third-order valence-electron chi connectivity index (χ3n) is 16.8. The normalized spacial score (nSPS) is 14.1. The monoisotopic (exact) mass is 930 g/mol. The highest BCUT2D eigenvalue weighted by molar-refractivity contribution is 6.19. The minimum atomic E-state index is -0.502. The zero-order valence-corrected chi connectivity index (χ0v) is 40.4. The van der Waals surface area contributed by atoms with E-state index in [4.69, 9.17) is 4.42 Å². The lowest BCUT2D eigenvalue weighted by Gasteiger charge is -2.33. The maximum Gasteiger partial charge on any atom is 0.145 e. The lowest BCUT2D eigenvalue weighted by atomic mass is 9.70. The van der Waals surface area contributed by atoms with Gasteiger partial charge >= 0.3 is 0 Å². The standard InChI is InChI=1S/C70H46N2O/c1-69(2)55-27-12-9-25-52(55)66-59(69)31-18-33-63(66)72(45-36-37-50-49-23-8-15-30-58(49)70(60(50)42-45)56-28-13-6-21-47(56)48-22-7-14-29-57(48)70)64-40-38-46(68-67(64)53-26-11-17-34-65(53)73-68)43-35-39-62-54(41-43)51-24-10-16-32-61(51)71(62)44-19-4-3-5-20-44/h3-42H,1-2H3. The summed E-state index contributed by atoms with van der Waals surface area (Å²) in [4.78, 5) is 2.56. The van der Waals surface area contributed by atoms with E-state index in [9.17, 15) is 0 Å². The zero-order chi connectivity index (χ0) is 48.2. The summed E-state index contributed by atoms with van der Waals surface area (Å²) in [7, 11) is 0. The highest BCUT2D eigenvalue weighted by Gasteiger charge is 2.52. The van der Waals surface area contributed by atoms with Crippen LogP contribution in [-0.4, -0.2) is 4.57 Å². The average molecular weight is 931 g/mol. The van der Waals surface area contributed by atoms with Crippen molar-refractivity contribution in [3.05, 3.63) is 276 Å². The van der Waals surface area contributed by atoms with Gasteiger partial charge in [0, 0.05) is 44.1 Å². The number of nitrogens with zero attached hydrogens (tertiary/aromatic N) is 2. The zero-order valence-electron chi connectivity index (χ0n) is 40.4. The van der Waals surface area contributed by atoms with Crippen molar-refractivity contribution in [3.63, 3.8) is 0 Å². The van der Waals surface area contributed by atoms with E-state index in [2.05, 4.69) is 266 Å². The van der Waals surface area contributed by atoms with Crippen LogP contribution >= 0.6 is 0 Å². The Morgan fingerprint density at radius 1 is 0.384 bits per heavy atom. The predicted molar refractivity (Wildman–Crippen MR) is 302 cm³/mol. The molecular weight excluding hydrogens is 885 g/mol. The van der Waals surface area contributed by atoms with E-state index in [0.29, 0.717) is 0 Å². The van der Waals surface area contributed by atoms with Crippen molar-refractivity contribution in [1.82, 2.24) is 4.57 Å². The van der Waals surface area contributed by atoms with Gasteiger partial charge in [0.15, 0.2) is 0 Å². The van der Waals surface area contributed by atoms with Gasteiger partial charge in [-0.15, -0.1) is 0 Å². The fraction of sp³-hybridized carbons (Fsp3) is 0.0571. The number of hydrogen-bond donors (Lipinski definition) is 0. The molecule has 16 rings (SSSR count). The van der Waals surface area contributed by atoms with Crippen LogP contribution in [0.5, 0.6) is 0 Å². The van der Waals surface area contributed by atoms with Crippen molar-refractivity contribution in [2.45, 2.75) is 24.7 Å². The summed E-state index contributed by atoms with van der Waals surface area (Å²) in [6, 6.07) is 90.2. The summed E-state index contributed by atoms with van der Waals surface area (Å²) in [6.07, 6.45) is 0. The fourth-order valence-corrected chi connectivity index (χ4v) is 13.8. The second kappa shape index (κ2) is 14.7. The van der Waals surface area contributed by atoms with Gasteiger partial charge < -0.3 is 13.9 Å². The number of benzene rings is 11. The number of aromatic nitrogens is 1. The Hall–Kier alpha value is -9.18. The lowest BCUT2D eigenvalue weighted by molar-refractivity contribution is 0.660. The van der Waals surface area contributed by atoms with E-state index in [1.165, 1.54) is 88.6 Å². The number of furan rings is 1. The molecule has 1 spiro atoms. The summed E-state index contributed by atoms with van der Waals surface area (Å²) in [6.45, 7) is 4.75. The molecule has 3 nitrogen and oxygen atoms in total. The van der Waals surface area contributed by atoms with Crippen LogP contribution < -0.4 is 4.90 Å². The van der Waals surface area contributed by atoms with Crippen LogP contribution in [0.3, 0.4) is 0 Å². The number of hydrogen-bond acceptors (Lipinski definition) is 2. The molecule has 0 amide bonds. The first-order chi connectivity index (χ1) is 36.0. The molecular formula is C70H46N2O. The van der Waals surface area contributed by atoms with E-state index in [-0.39, 0.29) is 5.41 Å². The average Bonchev–Trinajstić information content (AvgIpc) is 4.22. The fourth-order valence-electron chi connectivity index (χ4n) is 13.8. The number of rotatable bonds is 5. The molecule has 0 saturated carbocycles. The molecule has 3 aliphatic rings. The SMILES string of the molecule is CC1(C)c2ccccc2-c2c(N(c3ccc4c(c3)C3(c5ccccc5-c5ccccc53)c3ccccc3-4)c3ccc(-c4ccc5c(c4)c4ccccc4n5-c4ccccc4)c4oc5ccccc5c34)cccc21. The first-order valence-corrected chi connectivity index (χ1v) is 25.5. The molecule has 73 heavy (non-hydrogen) atoms. The summed E-state index contributed by atoms with van der Waals surface area (Å²) in [5.41, 5.74) is 25.7. The van der Waals surface area contributed by atoms with Gasteiger partial charge in [0.05, 0.1) is 33.2 Å². The minimum absolute atomic E-state index is 0.196. The van der Waals surface area contributed by atoms with Gasteiger partial charge in [0.25, 0.3) is 0 Å². The molecule has 0 radical (unpaired) electrons. The molecule has 2 heterocycles. The maximum absolute atomic E-state index is 7.20. The molecule has 13 aromatic rings. The van der Waals surface area contributed by atoms with Crippen LogP contribution in [0, 0.1) is 0 Å². The van der Waals surface area contributed by atoms with Gasteiger partial charge in [-0.25, -0.2) is 0 Å². The molecule has 0 N–H and O–H groups in total. The van der Waals surface area contributed by atoms with Crippen LogP contribution in [0.1, 0.15) is 47.2 Å². The largest absolute Gasteiger partial charge is 0.455 e. The van der Waals surface area contributed by atoms with Crippen molar-refractivity contribution in [3.8, 4) is 50.2 Å². The van der Waals surface area contributed by atoms with Gasteiger partial charge in [-0.05, 0) is 133 Å². The molecule has 3 aliphatic carbocycles. The van der Waals surface area contributed by atoms with Crippen molar-refractivity contribution in [2.75, 3.05) is 4.90 Å². The molecule has 0 atom stereocenters. The van der Waals surface area contributed by atoms with Crippen LogP contribution in [0.4, 0.5) is 17.1 Å². The highest BCUT2D eigenvalue weighted by Crippen LogP contribution is 2.64. The molecule has 0 bridgehead atoms. The van der Waals surface area contributed by atoms with Crippen molar-refractivity contribution >= 4 is 60.8 Å². The van der Waals surface area contributed by atoms with Gasteiger partial charge in [-0.2, -0.15) is 0 Å². The first-order valence-electron chi connectivity index (χ1n) is 25.5. The molecule has 0 saturated heterocycles. The second-order valence-electron chi connectivity index (χ2n) is 20.7. The summed E-state index contributed by atoms with van der Waals surface area (Å²) >= 11 is 0. The third-order valence-corrected chi connectivity index (χ3v) is 16.8. The Morgan fingerprint density at radius 2 is 0.959 bits per heavy atom. The Labute approximate surface area is 423 Å². The van der Waals surface area contributed by atoms with E-state index >= 15 is 0 Å². The van der Waals surface area contributed by atoms with Crippen molar-refractivity contribution in [1.29, 1.82) is 0 Å². The molecule has 342 valence electrons. The maximum atomic E-state index is 7.20. The van der Waals surface area contributed by atoms with Crippen LogP contribution in [0.2, 0.25) is 0 Å². The summed E-state index contributed by atoms with van der Waals surface area (Å²) in [5, 5.41) is 4.59. The van der Waals surface area contributed by atoms with E-state index in [1.807, 2.05) is 0 Å². The second-order valence-corrected chi connectivity index (χ2v) is 20.7. The molecule has 0 aliphatic heterocycles. The number of fused-ring (bicyclic) bond motifs is 19. The molecule has 3 heteroatoms. The molecule has 2 aromatic heterocycles. The van der Waals surface area contributed by atoms with Crippen LogP contribution in [0.15, 0.2) is 247 Å². The number of para-hydroxylation sites is 3. The number of anilines is 3. The smallest absolute Gasteiger partial charge is 0.145 e. The summed E-state index contributed by atoms with van der Waals surface area (Å²) in [5.74, 6) is 0. The highest BCUT2D eigenvalue weighted by atomic mass is 16.3. The quantitative estimate of drug-likeness (QED) is 0.171. The Balaban J connectivity index is 0.987. The predicted octanol–water partition coefficient (Wildman–Crippen LogP) is 18.5. The van der Waals surface area contributed by atoms with Crippen LogP contribution in [-0.2, 0) is 10.8 Å². The first kappa shape index (κ1) is 40.5. The molecule has 0 unspecified atom stereocenters. The molecule has 11 aromatic carbocycles. The van der Waals surface area contributed by atoms with Gasteiger partial charge in [-0.1, -0.05) is 190 Å². The minimum Gasteiger partial charge on any atom is -0.455 e. The van der Waals surface area contributed by atoms with Gasteiger partial charge in [-0.3, -0.25) is 0 Å².